The first kappa shape index (κ1) is 16.1. The minimum absolute atomic E-state index is 0.0650. The van der Waals surface area contributed by atoms with Crippen LogP contribution in [-0.4, -0.2) is 35.2 Å². The monoisotopic (exact) mass is 281 g/mol. The molecule has 2 unspecified atom stereocenters. The molecular weight excluding hydrogens is 258 g/mol. The molecule has 0 saturated carbocycles. The molecule has 0 aliphatic heterocycles. The number of aliphatic hydroxyl groups excluding tert-OH is 1. The van der Waals surface area contributed by atoms with Gasteiger partial charge in [0.1, 0.15) is 0 Å². The molecule has 0 aromatic heterocycles. The minimum Gasteiger partial charge on any atom is -0.396 e. The van der Waals surface area contributed by atoms with Crippen LogP contribution in [0.15, 0.2) is 30.3 Å². The van der Waals surface area contributed by atoms with Gasteiger partial charge in [0.25, 0.3) is 0 Å². The second kappa shape index (κ2) is 8.99. The van der Waals surface area contributed by atoms with Crippen LogP contribution in [0.4, 0.5) is 0 Å². The maximum atomic E-state index is 11.8. The van der Waals surface area contributed by atoms with Crippen molar-refractivity contribution in [3.05, 3.63) is 35.9 Å². The molecule has 0 aliphatic carbocycles. The lowest BCUT2D eigenvalue weighted by atomic mass is 10.1. The summed E-state index contributed by atoms with van der Waals surface area (Å²) in [5, 5.41) is 11.8. The predicted octanol–water partition coefficient (Wildman–Crippen LogP) is 2.10. The second-order valence-corrected chi connectivity index (χ2v) is 6.16. The zero-order valence-electron chi connectivity index (χ0n) is 11.6. The van der Waals surface area contributed by atoms with Crippen molar-refractivity contribution in [2.45, 2.75) is 25.5 Å². The van der Waals surface area contributed by atoms with Crippen LogP contribution in [0.1, 0.15) is 19.4 Å². The summed E-state index contributed by atoms with van der Waals surface area (Å²) in [7, 11) is 0. The Hall–Kier alpha value is -1.00. The molecule has 0 bridgehead atoms. The first-order valence-corrected chi connectivity index (χ1v) is 7.72. The van der Waals surface area contributed by atoms with Gasteiger partial charge in [0.05, 0.1) is 5.25 Å². The molecule has 0 heterocycles. The topological polar surface area (TPSA) is 49.3 Å². The summed E-state index contributed by atoms with van der Waals surface area (Å²) in [6.45, 7) is 4.73. The SMILES string of the molecule is CC(CO)CSC(C)C(=O)NCCc1ccccc1. The fourth-order valence-electron chi connectivity index (χ4n) is 1.56. The standard InChI is InChI=1S/C15H23NO2S/c1-12(10-17)11-19-13(2)15(18)16-9-8-14-6-4-3-5-7-14/h3-7,12-13,17H,8-11H2,1-2H3,(H,16,18). The van der Waals surface area contributed by atoms with Crippen molar-refractivity contribution in [2.75, 3.05) is 18.9 Å². The molecule has 3 nitrogen and oxygen atoms in total. The number of carbonyl (C=O) groups excluding carboxylic acids is 1. The molecule has 0 saturated heterocycles. The van der Waals surface area contributed by atoms with Crippen molar-refractivity contribution in [1.29, 1.82) is 0 Å². The van der Waals surface area contributed by atoms with Crippen molar-refractivity contribution in [3.8, 4) is 0 Å². The maximum absolute atomic E-state index is 11.8. The third kappa shape index (κ3) is 6.64. The van der Waals surface area contributed by atoms with Gasteiger partial charge in [-0.15, -0.1) is 11.8 Å². The third-order valence-electron chi connectivity index (χ3n) is 2.87. The van der Waals surface area contributed by atoms with Gasteiger partial charge < -0.3 is 10.4 Å². The average molecular weight is 281 g/mol. The molecule has 1 aromatic rings. The van der Waals surface area contributed by atoms with Gasteiger partial charge in [-0.1, -0.05) is 37.3 Å². The zero-order chi connectivity index (χ0) is 14.1. The van der Waals surface area contributed by atoms with E-state index in [0.29, 0.717) is 6.54 Å². The smallest absolute Gasteiger partial charge is 0.232 e. The van der Waals surface area contributed by atoms with Crippen molar-refractivity contribution >= 4 is 17.7 Å². The van der Waals surface area contributed by atoms with Crippen LogP contribution in [0.25, 0.3) is 0 Å². The van der Waals surface area contributed by atoms with E-state index in [1.54, 1.807) is 11.8 Å². The Morgan fingerprint density at radius 1 is 1.32 bits per heavy atom. The highest BCUT2D eigenvalue weighted by molar-refractivity contribution is 8.00. The van der Waals surface area contributed by atoms with Crippen LogP contribution in [0, 0.1) is 5.92 Å². The molecule has 0 aliphatic rings. The Balaban J connectivity index is 2.20. The Kier molecular flexibility index (Phi) is 7.60. The summed E-state index contributed by atoms with van der Waals surface area (Å²) in [6.07, 6.45) is 0.858. The highest BCUT2D eigenvalue weighted by Crippen LogP contribution is 2.14. The Labute approximate surface area is 119 Å². The first-order chi connectivity index (χ1) is 9.13. The van der Waals surface area contributed by atoms with Crippen molar-refractivity contribution in [3.63, 3.8) is 0 Å². The summed E-state index contributed by atoms with van der Waals surface area (Å²) >= 11 is 1.59. The summed E-state index contributed by atoms with van der Waals surface area (Å²) in [5.74, 6) is 1.12. The van der Waals surface area contributed by atoms with E-state index < -0.39 is 0 Å². The quantitative estimate of drug-likeness (QED) is 0.767. The molecule has 2 N–H and O–H groups in total. The highest BCUT2D eigenvalue weighted by atomic mass is 32.2. The van der Waals surface area contributed by atoms with E-state index in [9.17, 15) is 4.79 Å². The van der Waals surface area contributed by atoms with Gasteiger partial charge >= 0.3 is 0 Å². The van der Waals surface area contributed by atoms with Gasteiger partial charge in [-0.3, -0.25) is 4.79 Å². The van der Waals surface area contributed by atoms with E-state index in [1.165, 1.54) is 5.56 Å². The Morgan fingerprint density at radius 3 is 2.63 bits per heavy atom. The summed E-state index contributed by atoms with van der Waals surface area (Å²) in [4.78, 5) is 11.8. The van der Waals surface area contributed by atoms with E-state index in [2.05, 4.69) is 17.4 Å². The van der Waals surface area contributed by atoms with Crippen LogP contribution in [-0.2, 0) is 11.2 Å². The van der Waals surface area contributed by atoms with E-state index in [1.807, 2.05) is 32.0 Å². The number of hydrogen-bond acceptors (Lipinski definition) is 3. The normalized spacial score (nSPS) is 13.8. The van der Waals surface area contributed by atoms with Crippen LogP contribution < -0.4 is 5.32 Å². The maximum Gasteiger partial charge on any atom is 0.232 e. The van der Waals surface area contributed by atoms with E-state index in [0.717, 1.165) is 12.2 Å². The lowest BCUT2D eigenvalue weighted by Gasteiger charge is -2.14. The fraction of sp³-hybridized carbons (Fsp3) is 0.533. The number of amides is 1. The molecule has 2 atom stereocenters. The van der Waals surface area contributed by atoms with Crippen LogP contribution >= 0.6 is 11.8 Å². The highest BCUT2D eigenvalue weighted by Gasteiger charge is 2.13. The molecule has 19 heavy (non-hydrogen) atoms. The van der Waals surface area contributed by atoms with Crippen molar-refractivity contribution in [1.82, 2.24) is 5.32 Å². The lowest BCUT2D eigenvalue weighted by molar-refractivity contribution is -0.120. The second-order valence-electron chi connectivity index (χ2n) is 4.79. The summed E-state index contributed by atoms with van der Waals surface area (Å²) in [6, 6.07) is 10.1. The summed E-state index contributed by atoms with van der Waals surface area (Å²) in [5.41, 5.74) is 1.23. The van der Waals surface area contributed by atoms with E-state index >= 15 is 0 Å². The molecule has 0 radical (unpaired) electrons. The molecular formula is C15H23NO2S. The lowest BCUT2D eigenvalue weighted by Crippen LogP contribution is -2.33. The van der Waals surface area contributed by atoms with Crippen molar-refractivity contribution < 1.29 is 9.90 Å². The number of thioether (sulfide) groups is 1. The van der Waals surface area contributed by atoms with Gasteiger partial charge in [0.2, 0.25) is 5.91 Å². The third-order valence-corrected chi connectivity index (χ3v) is 4.34. The number of benzene rings is 1. The zero-order valence-corrected chi connectivity index (χ0v) is 12.5. The summed E-state index contributed by atoms with van der Waals surface area (Å²) < 4.78 is 0. The van der Waals surface area contributed by atoms with Gasteiger partial charge in [-0.25, -0.2) is 0 Å². The molecule has 0 fully saturated rings. The van der Waals surface area contributed by atoms with Gasteiger partial charge in [-0.2, -0.15) is 0 Å². The van der Waals surface area contributed by atoms with Crippen LogP contribution in [0.2, 0.25) is 0 Å². The molecule has 1 amide bonds. The largest absolute Gasteiger partial charge is 0.396 e. The average Bonchev–Trinajstić information content (AvgIpc) is 2.45. The van der Waals surface area contributed by atoms with Crippen LogP contribution in [0.3, 0.4) is 0 Å². The minimum atomic E-state index is -0.0650. The number of aliphatic hydroxyl groups is 1. The number of carbonyl (C=O) groups is 1. The molecule has 1 aromatic carbocycles. The fourth-order valence-corrected chi connectivity index (χ4v) is 2.51. The predicted molar refractivity (Wildman–Crippen MR) is 81.3 cm³/mol. The van der Waals surface area contributed by atoms with Gasteiger partial charge in [0, 0.05) is 13.2 Å². The molecule has 1 rings (SSSR count). The van der Waals surface area contributed by atoms with E-state index in [-0.39, 0.29) is 23.7 Å². The Morgan fingerprint density at radius 2 is 2.00 bits per heavy atom. The first-order valence-electron chi connectivity index (χ1n) is 6.67. The van der Waals surface area contributed by atoms with Crippen molar-refractivity contribution in [2.24, 2.45) is 5.92 Å². The molecule has 106 valence electrons. The van der Waals surface area contributed by atoms with Gasteiger partial charge in [-0.05, 0) is 30.6 Å². The number of hydrogen-bond donors (Lipinski definition) is 2. The molecule has 0 spiro atoms. The number of rotatable bonds is 8. The van der Waals surface area contributed by atoms with Crippen LogP contribution in [0.5, 0.6) is 0 Å². The van der Waals surface area contributed by atoms with E-state index in [4.69, 9.17) is 5.11 Å². The number of nitrogens with one attached hydrogen (secondary N) is 1. The van der Waals surface area contributed by atoms with Gasteiger partial charge in [0.15, 0.2) is 0 Å². The molecule has 4 heteroatoms. The Bertz CT molecular complexity index is 370.